The second-order valence-corrected chi connectivity index (χ2v) is 5.04. The molecular formula is C14H16O5. The third-order valence-electron chi connectivity index (χ3n) is 2.18. The first-order chi connectivity index (χ1) is 8.94. The van der Waals surface area contributed by atoms with Gasteiger partial charge in [0.1, 0.15) is 5.60 Å². The van der Waals surface area contributed by atoms with Crippen LogP contribution in [0, 0.1) is 0 Å². The zero-order chi connectivity index (χ0) is 13.9. The van der Waals surface area contributed by atoms with Gasteiger partial charge < -0.3 is 9.47 Å². The van der Waals surface area contributed by atoms with Crippen molar-refractivity contribution in [1.29, 1.82) is 0 Å². The second kappa shape index (κ2) is 5.32. The maximum Gasteiger partial charge on any atom is 0.365 e. The van der Waals surface area contributed by atoms with E-state index in [2.05, 4.69) is 4.89 Å². The summed E-state index contributed by atoms with van der Waals surface area (Å²) in [5.41, 5.74) is 0.291. The van der Waals surface area contributed by atoms with E-state index in [4.69, 9.17) is 14.4 Å². The van der Waals surface area contributed by atoms with E-state index in [0.717, 1.165) is 5.56 Å². The summed E-state index contributed by atoms with van der Waals surface area (Å²) < 4.78 is 10.4. The Morgan fingerprint density at radius 2 is 2.00 bits per heavy atom. The van der Waals surface area contributed by atoms with Gasteiger partial charge in [-0.2, -0.15) is 4.89 Å². The van der Waals surface area contributed by atoms with Crippen LogP contribution in [-0.4, -0.2) is 18.4 Å². The van der Waals surface area contributed by atoms with Crippen molar-refractivity contribution in [3.8, 4) is 11.5 Å². The highest BCUT2D eigenvalue weighted by Crippen LogP contribution is 2.32. The van der Waals surface area contributed by atoms with Crippen molar-refractivity contribution < 1.29 is 24.0 Å². The summed E-state index contributed by atoms with van der Waals surface area (Å²) in [5.74, 6) is 0.810. The van der Waals surface area contributed by atoms with Gasteiger partial charge in [-0.05, 0) is 44.5 Å². The van der Waals surface area contributed by atoms with Gasteiger partial charge in [-0.3, -0.25) is 4.89 Å². The molecule has 0 amide bonds. The minimum Gasteiger partial charge on any atom is -0.454 e. The lowest BCUT2D eigenvalue weighted by Crippen LogP contribution is -2.21. The smallest absolute Gasteiger partial charge is 0.365 e. The lowest BCUT2D eigenvalue weighted by atomic mass is 10.2. The van der Waals surface area contributed by atoms with E-state index in [-0.39, 0.29) is 6.79 Å². The predicted molar refractivity (Wildman–Crippen MR) is 68.5 cm³/mol. The molecule has 1 aromatic rings. The van der Waals surface area contributed by atoms with Crippen molar-refractivity contribution >= 4 is 12.0 Å². The molecule has 0 N–H and O–H groups in total. The van der Waals surface area contributed by atoms with Crippen LogP contribution in [0.2, 0.25) is 0 Å². The third kappa shape index (κ3) is 3.99. The summed E-state index contributed by atoms with van der Waals surface area (Å²) in [6.07, 6.45) is 2.92. The number of hydrogen-bond donors (Lipinski definition) is 0. The number of hydrogen-bond acceptors (Lipinski definition) is 5. The van der Waals surface area contributed by atoms with Gasteiger partial charge in [0.15, 0.2) is 11.5 Å². The zero-order valence-electron chi connectivity index (χ0n) is 11.1. The van der Waals surface area contributed by atoms with Gasteiger partial charge in [0.2, 0.25) is 6.79 Å². The average Bonchev–Trinajstić information content (AvgIpc) is 2.80. The van der Waals surface area contributed by atoms with Crippen LogP contribution in [0.15, 0.2) is 24.3 Å². The molecule has 0 saturated heterocycles. The molecule has 0 unspecified atom stereocenters. The molecular weight excluding hydrogens is 248 g/mol. The summed E-state index contributed by atoms with van der Waals surface area (Å²) in [7, 11) is 0. The Morgan fingerprint density at radius 3 is 2.74 bits per heavy atom. The van der Waals surface area contributed by atoms with Gasteiger partial charge in [0.05, 0.1) is 0 Å². The van der Waals surface area contributed by atoms with Gasteiger partial charge in [0, 0.05) is 6.08 Å². The summed E-state index contributed by atoms with van der Waals surface area (Å²) >= 11 is 0. The SMILES string of the molecule is CC(C)(C)OOC(=O)/C=C/c1ccc2c(c1)OCO2. The van der Waals surface area contributed by atoms with Crippen LogP contribution < -0.4 is 9.47 Å². The number of rotatable bonds is 3. The lowest BCUT2D eigenvalue weighted by molar-refractivity contribution is -0.316. The number of carbonyl (C=O) groups is 1. The largest absolute Gasteiger partial charge is 0.454 e. The van der Waals surface area contributed by atoms with E-state index < -0.39 is 11.6 Å². The first-order valence-corrected chi connectivity index (χ1v) is 5.91. The van der Waals surface area contributed by atoms with Crippen molar-refractivity contribution in [2.75, 3.05) is 6.79 Å². The standard InChI is InChI=1S/C14H16O5/c1-14(2,3)19-18-13(15)7-5-10-4-6-11-12(8-10)17-9-16-11/h4-8H,9H2,1-3H3/b7-5+. The fourth-order valence-corrected chi connectivity index (χ4v) is 1.37. The van der Waals surface area contributed by atoms with E-state index >= 15 is 0 Å². The topological polar surface area (TPSA) is 54.0 Å². The van der Waals surface area contributed by atoms with Crippen LogP contribution >= 0.6 is 0 Å². The zero-order valence-corrected chi connectivity index (χ0v) is 11.1. The quantitative estimate of drug-likeness (QED) is 0.477. The number of ether oxygens (including phenoxy) is 2. The molecule has 5 heteroatoms. The fraction of sp³-hybridized carbons (Fsp3) is 0.357. The molecule has 102 valence electrons. The Hall–Kier alpha value is -2.01. The molecule has 0 bridgehead atoms. The Kier molecular flexibility index (Phi) is 3.76. The monoisotopic (exact) mass is 264 g/mol. The second-order valence-electron chi connectivity index (χ2n) is 5.04. The molecule has 0 aliphatic carbocycles. The normalized spacial score (nSPS) is 13.8. The average molecular weight is 264 g/mol. The lowest BCUT2D eigenvalue weighted by Gasteiger charge is -2.15. The van der Waals surface area contributed by atoms with Crippen LogP contribution in [0.3, 0.4) is 0 Å². The highest BCUT2D eigenvalue weighted by molar-refractivity contribution is 5.86. The highest BCUT2D eigenvalue weighted by Gasteiger charge is 2.14. The predicted octanol–water partition coefficient (Wildman–Crippen LogP) is 2.70. The van der Waals surface area contributed by atoms with Gasteiger partial charge in [-0.1, -0.05) is 6.07 Å². The molecule has 2 rings (SSSR count). The van der Waals surface area contributed by atoms with Gasteiger partial charge in [-0.15, -0.1) is 0 Å². The van der Waals surface area contributed by atoms with Crippen molar-refractivity contribution in [3.05, 3.63) is 29.8 Å². The highest BCUT2D eigenvalue weighted by atomic mass is 17.2. The first-order valence-electron chi connectivity index (χ1n) is 5.91. The Balaban J connectivity index is 1.93. The molecule has 0 fully saturated rings. The number of fused-ring (bicyclic) bond motifs is 1. The molecule has 5 nitrogen and oxygen atoms in total. The van der Waals surface area contributed by atoms with E-state index in [1.54, 1.807) is 39.0 Å². The van der Waals surface area contributed by atoms with Crippen molar-refractivity contribution in [2.45, 2.75) is 26.4 Å². The summed E-state index contributed by atoms with van der Waals surface area (Å²) in [6, 6.07) is 5.40. The van der Waals surface area contributed by atoms with E-state index in [0.29, 0.717) is 11.5 Å². The van der Waals surface area contributed by atoms with Crippen molar-refractivity contribution in [1.82, 2.24) is 0 Å². The number of carbonyl (C=O) groups excluding carboxylic acids is 1. The molecule has 0 aromatic heterocycles. The van der Waals surface area contributed by atoms with E-state index in [9.17, 15) is 4.79 Å². The summed E-state index contributed by atoms with van der Waals surface area (Å²) in [6.45, 7) is 5.61. The number of benzene rings is 1. The van der Waals surface area contributed by atoms with E-state index in [1.807, 2.05) is 6.07 Å². The van der Waals surface area contributed by atoms with Crippen LogP contribution in [-0.2, 0) is 14.6 Å². The third-order valence-corrected chi connectivity index (χ3v) is 2.18. The van der Waals surface area contributed by atoms with Gasteiger partial charge in [-0.25, -0.2) is 4.79 Å². The fourth-order valence-electron chi connectivity index (χ4n) is 1.37. The molecule has 0 spiro atoms. The van der Waals surface area contributed by atoms with Crippen molar-refractivity contribution in [2.24, 2.45) is 0 Å². The first kappa shape index (κ1) is 13.4. The van der Waals surface area contributed by atoms with Gasteiger partial charge in [0.25, 0.3) is 0 Å². The minimum atomic E-state index is -0.562. The molecule has 0 atom stereocenters. The van der Waals surface area contributed by atoms with Crippen LogP contribution in [0.4, 0.5) is 0 Å². The summed E-state index contributed by atoms with van der Waals surface area (Å²) in [5, 5.41) is 0. The van der Waals surface area contributed by atoms with Crippen LogP contribution in [0.5, 0.6) is 11.5 Å². The molecule has 1 aliphatic rings. The molecule has 0 saturated carbocycles. The van der Waals surface area contributed by atoms with E-state index in [1.165, 1.54) is 6.08 Å². The Bertz CT molecular complexity index is 499. The van der Waals surface area contributed by atoms with Crippen molar-refractivity contribution in [3.63, 3.8) is 0 Å². The van der Waals surface area contributed by atoms with Crippen LogP contribution in [0.1, 0.15) is 26.3 Å². The molecule has 1 heterocycles. The maximum absolute atomic E-state index is 11.4. The maximum atomic E-state index is 11.4. The van der Waals surface area contributed by atoms with Crippen LogP contribution in [0.25, 0.3) is 6.08 Å². The molecule has 1 aromatic carbocycles. The Morgan fingerprint density at radius 1 is 1.26 bits per heavy atom. The molecule has 19 heavy (non-hydrogen) atoms. The summed E-state index contributed by atoms with van der Waals surface area (Å²) in [4.78, 5) is 21.0. The molecule has 0 radical (unpaired) electrons. The minimum absolute atomic E-state index is 0.226. The molecule has 1 aliphatic heterocycles. The Labute approximate surface area is 111 Å². The van der Waals surface area contributed by atoms with Gasteiger partial charge >= 0.3 is 5.97 Å².